The van der Waals surface area contributed by atoms with Crippen LogP contribution >= 0.6 is 23.1 Å². The highest BCUT2D eigenvalue weighted by Crippen LogP contribution is 2.25. The number of methoxy groups -OCH3 is 1. The van der Waals surface area contributed by atoms with Crippen molar-refractivity contribution in [3.63, 3.8) is 0 Å². The Morgan fingerprint density at radius 2 is 2.27 bits per heavy atom. The van der Waals surface area contributed by atoms with Gasteiger partial charge in [0.15, 0.2) is 4.34 Å². The smallest absolute Gasteiger partial charge is 0.250 e. The van der Waals surface area contributed by atoms with Gasteiger partial charge in [-0.05, 0) is 30.9 Å². The van der Waals surface area contributed by atoms with Gasteiger partial charge in [-0.15, -0.1) is 10.2 Å². The highest BCUT2D eigenvalue weighted by atomic mass is 32.2. The molecule has 0 bridgehead atoms. The van der Waals surface area contributed by atoms with Crippen LogP contribution in [0.4, 0.5) is 5.13 Å². The van der Waals surface area contributed by atoms with Crippen molar-refractivity contribution in [2.24, 2.45) is 0 Å². The summed E-state index contributed by atoms with van der Waals surface area (Å²) in [4.78, 5) is 11.9. The van der Waals surface area contributed by atoms with E-state index in [1.54, 1.807) is 24.9 Å². The standard InChI is InChI=1S/C15H17N3O2S2/c1-4-21-15-18-17-14(22-15)16-13(19)8-6-11-9-10(2)5-7-12(11)20-3/h5-9H,4H2,1-3H3,(H,16,17,19)/b8-6+. The number of anilines is 1. The van der Waals surface area contributed by atoms with Crippen molar-refractivity contribution >= 4 is 40.2 Å². The summed E-state index contributed by atoms with van der Waals surface area (Å²) in [7, 11) is 1.61. The Kier molecular flexibility index (Phi) is 5.97. The van der Waals surface area contributed by atoms with Gasteiger partial charge in [0.25, 0.3) is 0 Å². The second-order valence-corrected chi connectivity index (χ2v) is 6.86. The minimum atomic E-state index is -0.243. The normalized spacial score (nSPS) is 10.9. The van der Waals surface area contributed by atoms with Gasteiger partial charge < -0.3 is 4.74 Å². The number of benzene rings is 1. The fourth-order valence-electron chi connectivity index (χ4n) is 1.74. The van der Waals surface area contributed by atoms with Crippen molar-refractivity contribution in [3.8, 4) is 5.75 Å². The van der Waals surface area contributed by atoms with E-state index < -0.39 is 0 Å². The summed E-state index contributed by atoms with van der Waals surface area (Å²) in [5, 5.41) is 11.1. The molecule has 0 atom stereocenters. The highest BCUT2D eigenvalue weighted by molar-refractivity contribution is 8.01. The maximum Gasteiger partial charge on any atom is 0.250 e. The number of aromatic nitrogens is 2. The van der Waals surface area contributed by atoms with Crippen LogP contribution in [-0.2, 0) is 4.79 Å². The fourth-order valence-corrected chi connectivity index (χ4v) is 3.39. The number of carbonyl (C=O) groups excluding carboxylic acids is 1. The second kappa shape index (κ2) is 7.95. The average Bonchev–Trinajstić information content (AvgIpc) is 2.93. The summed E-state index contributed by atoms with van der Waals surface area (Å²) in [5.74, 6) is 1.41. The van der Waals surface area contributed by atoms with E-state index in [9.17, 15) is 4.79 Å². The van der Waals surface area contributed by atoms with E-state index >= 15 is 0 Å². The lowest BCUT2D eigenvalue weighted by atomic mass is 10.1. The maximum atomic E-state index is 11.9. The number of hydrogen-bond acceptors (Lipinski definition) is 6. The number of aryl methyl sites for hydroxylation is 1. The van der Waals surface area contributed by atoms with Gasteiger partial charge in [0.05, 0.1) is 7.11 Å². The first-order valence-corrected chi connectivity index (χ1v) is 8.52. The summed E-state index contributed by atoms with van der Waals surface area (Å²) >= 11 is 2.97. The lowest BCUT2D eigenvalue weighted by Gasteiger charge is -2.05. The van der Waals surface area contributed by atoms with Crippen molar-refractivity contribution in [3.05, 3.63) is 35.4 Å². The zero-order valence-electron chi connectivity index (χ0n) is 12.6. The van der Waals surface area contributed by atoms with E-state index in [0.29, 0.717) is 5.13 Å². The van der Waals surface area contributed by atoms with Crippen LogP contribution in [0.15, 0.2) is 28.6 Å². The molecule has 0 fully saturated rings. The third-order valence-corrected chi connectivity index (χ3v) is 4.56. The molecule has 5 nitrogen and oxygen atoms in total. The molecule has 0 saturated carbocycles. The number of thioether (sulfide) groups is 1. The molecule has 0 spiro atoms. The molecule has 0 aliphatic rings. The quantitative estimate of drug-likeness (QED) is 0.496. The van der Waals surface area contributed by atoms with Gasteiger partial charge in [-0.25, -0.2) is 0 Å². The molecule has 0 saturated heterocycles. The molecule has 1 N–H and O–H groups in total. The van der Waals surface area contributed by atoms with Gasteiger partial charge in [-0.2, -0.15) is 0 Å². The number of nitrogens with one attached hydrogen (secondary N) is 1. The van der Waals surface area contributed by atoms with Crippen LogP contribution in [0.1, 0.15) is 18.1 Å². The minimum Gasteiger partial charge on any atom is -0.496 e. The lowest BCUT2D eigenvalue weighted by molar-refractivity contribution is -0.111. The van der Waals surface area contributed by atoms with Crippen LogP contribution in [-0.4, -0.2) is 29.0 Å². The van der Waals surface area contributed by atoms with E-state index in [-0.39, 0.29) is 5.91 Å². The van der Waals surface area contributed by atoms with E-state index in [1.807, 2.05) is 32.0 Å². The first kappa shape index (κ1) is 16.5. The Bertz CT molecular complexity index is 683. The Morgan fingerprint density at radius 3 is 3.00 bits per heavy atom. The molecule has 1 amide bonds. The van der Waals surface area contributed by atoms with Crippen molar-refractivity contribution in [1.82, 2.24) is 10.2 Å². The molecule has 0 unspecified atom stereocenters. The van der Waals surface area contributed by atoms with E-state index in [4.69, 9.17) is 4.74 Å². The molecular weight excluding hydrogens is 318 g/mol. The van der Waals surface area contributed by atoms with Crippen LogP contribution < -0.4 is 10.1 Å². The zero-order valence-corrected chi connectivity index (χ0v) is 14.3. The van der Waals surface area contributed by atoms with Crippen LogP contribution in [0.3, 0.4) is 0 Å². The molecule has 7 heteroatoms. The highest BCUT2D eigenvalue weighted by Gasteiger charge is 2.06. The molecule has 1 aromatic heterocycles. The van der Waals surface area contributed by atoms with Gasteiger partial charge in [0, 0.05) is 11.6 Å². The molecule has 1 heterocycles. The average molecular weight is 335 g/mol. The summed E-state index contributed by atoms with van der Waals surface area (Å²) < 4.78 is 6.12. The monoisotopic (exact) mass is 335 g/mol. The number of rotatable bonds is 6. The topological polar surface area (TPSA) is 64.1 Å². The third kappa shape index (κ3) is 4.57. The van der Waals surface area contributed by atoms with Crippen molar-refractivity contribution in [2.45, 2.75) is 18.2 Å². The fraction of sp³-hybridized carbons (Fsp3) is 0.267. The van der Waals surface area contributed by atoms with Crippen molar-refractivity contribution in [1.29, 1.82) is 0 Å². The van der Waals surface area contributed by atoms with Crippen LogP contribution in [0, 0.1) is 6.92 Å². The van der Waals surface area contributed by atoms with Crippen LogP contribution in [0.5, 0.6) is 5.75 Å². The Labute approximate surface area is 137 Å². The van der Waals surface area contributed by atoms with E-state index in [2.05, 4.69) is 15.5 Å². The molecule has 2 aromatic rings. The first-order chi connectivity index (χ1) is 10.6. The SMILES string of the molecule is CCSc1nnc(NC(=O)/C=C/c2cc(C)ccc2OC)s1. The maximum absolute atomic E-state index is 11.9. The van der Waals surface area contributed by atoms with E-state index in [0.717, 1.165) is 27.0 Å². The number of carbonyl (C=O) groups is 1. The molecule has 116 valence electrons. The number of hydrogen-bond donors (Lipinski definition) is 1. The van der Waals surface area contributed by atoms with Gasteiger partial charge in [0.2, 0.25) is 11.0 Å². The van der Waals surface area contributed by atoms with Crippen molar-refractivity contribution < 1.29 is 9.53 Å². The summed E-state index contributed by atoms with van der Waals surface area (Å²) in [6.07, 6.45) is 3.19. The van der Waals surface area contributed by atoms with Crippen molar-refractivity contribution in [2.75, 3.05) is 18.2 Å². The number of ether oxygens (including phenoxy) is 1. The molecular formula is C15H17N3O2S2. The zero-order chi connectivity index (χ0) is 15.9. The molecule has 2 rings (SSSR count). The second-order valence-electron chi connectivity index (χ2n) is 4.37. The molecule has 0 aliphatic carbocycles. The van der Waals surface area contributed by atoms with Gasteiger partial charge in [0.1, 0.15) is 5.75 Å². The molecule has 1 aromatic carbocycles. The molecule has 0 radical (unpaired) electrons. The van der Waals surface area contributed by atoms with Gasteiger partial charge in [-0.3, -0.25) is 10.1 Å². The van der Waals surface area contributed by atoms with Crippen LogP contribution in [0.25, 0.3) is 6.08 Å². The minimum absolute atomic E-state index is 0.243. The molecule has 22 heavy (non-hydrogen) atoms. The summed E-state index contributed by atoms with van der Waals surface area (Å²) in [6.45, 7) is 4.04. The number of amides is 1. The summed E-state index contributed by atoms with van der Waals surface area (Å²) in [5.41, 5.74) is 1.96. The summed E-state index contributed by atoms with van der Waals surface area (Å²) in [6, 6.07) is 5.81. The Hall–Kier alpha value is -1.86. The predicted octanol–water partition coefficient (Wildman–Crippen LogP) is 3.62. The Morgan fingerprint density at radius 1 is 1.45 bits per heavy atom. The number of nitrogens with zero attached hydrogens (tertiary/aromatic N) is 2. The van der Waals surface area contributed by atoms with Gasteiger partial charge in [-0.1, -0.05) is 41.7 Å². The largest absolute Gasteiger partial charge is 0.496 e. The predicted molar refractivity (Wildman–Crippen MR) is 91.7 cm³/mol. The van der Waals surface area contributed by atoms with Crippen LogP contribution in [0.2, 0.25) is 0 Å². The lowest BCUT2D eigenvalue weighted by Crippen LogP contribution is -2.07. The molecule has 0 aliphatic heterocycles. The Balaban J connectivity index is 2.03. The third-order valence-electron chi connectivity index (χ3n) is 2.70. The van der Waals surface area contributed by atoms with E-state index in [1.165, 1.54) is 17.4 Å². The first-order valence-electron chi connectivity index (χ1n) is 6.72. The van der Waals surface area contributed by atoms with Gasteiger partial charge >= 0.3 is 0 Å².